The molecular weight excluding hydrogens is 646 g/mol. The number of benzene rings is 4. The molecule has 0 saturated heterocycles. The number of fused-ring (bicyclic) bond motifs is 1. The molecular formula is C38H30ClN3O5S. The first-order valence-electron chi connectivity index (χ1n) is 15.3. The number of thiazole rings is 1. The number of carbonyl (C=O) groups is 1. The maximum atomic E-state index is 14.2. The lowest BCUT2D eigenvalue weighted by molar-refractivity contribution is -0.138. The number of esters is 1. The highest BCUT2D eigenvalue weighted by molar-refractivity contribution is 7.07. The highest BCUT2D eigenvalue weighted by atomic mass is 35.5. The Morgan fingerprint density at radius 2 is 1.71 bits per heavy atom. The quantitative estimate of drug-likeness (QED) is 0.158. The fourth-order valence-electron chi connectivity index (χ4n) is 5.39. The van der Waals surface area contributed by atoms with Gasteiger partial charge in [-0.3, -0.25) is 9.36 Å². The molecule has 4 aromatic carbocycles. The van der Waals surface area contributed by atoms with Gasteiger partial charge in [0.1, 0.15) is 6.61 Å². The minimum absolute atomic E-state index is 0.164. The number of carbonyl (C=O) groups excluding carboxylic acids is 1. The summed E-state index contributed by atoms with van der Waals surface area (Å²) >= 11 is 7.47. The third-order valence-corrected chi connectivity index (χ3v) is 8.84. The Labute approximate surface area is 286 Å². The van der Waals surface area contributed by atoms with Crippen LogP contribution in [0.5, 0.6) is 11.5 Å². The van der Waals surface area contributed by atoms with Crippen molar-refractivity contribution in [1.29, 1.82) is 5.26 Å². The molecule has 0 fully saturated rings. The van der Waals surface area contributed by atoms with Crippen LogP contribution in [-0.4, -0.2) is 23.8 Å². The molecule has 0 saturated carbocycles. The van der Waals surface area contributed by atoms with Gasteiger partial charge >= 0.3 is 5.97 Å². The molecule has 10 heteroatoms. The zero-order valence-corrected chi connectivity index (χ0v) is 27.8. The fraction of sp³-hybridized carbons (Fsp3) is 0.158. The van der Waals surface area contributed by atoms with E-state index in [4.69, 9.17) is 36.1 Å². The van der Waals surface area contributed by atoms with E-state index in [1.54, 1.807) is 47.9 Å². The average molecular weight is 676 g/mol. The maximum Gasteiger partial charge on any atom is 0.338 e. The molecule has 8 nitrogen and oxygen atoms in total. The fourth-order valence-corrected chi connectivity index (χ4v) is 6.52. The Hall–Kier alpha value is -5.43. The van der Waals surface area contributed by atoms with Crippen molar-refractivity contribution in [2.24, 2.45) is 4.99 Å². The maximum absolute atomic E-state index is 14.2. The van der Waals surface area contributed by atoms with E-state index in [1.165, 1.54) is 11.3 Å². The third-order valence-electron chi connectivity index (χ3n) is 7.60. The van der Waals surface area contributed by atoms with Crippen molar-refractivity contribution in [2.45, 2.75) is 26.5 Å². The Balaban J connectivity index is 1.45. The van der Waals surface area contributed by atoms with Gasteiger partial charge in [0, 0.05) is 10.6 Å². The Morgan fingerprint density at radius 3 is 2.40 bits per heavy atom. The van der Waals surface area contributed by atoms with Gasteiger partial charge in [0.05, 0.1) is 46.7 Å². The lowest BCUT2D eigenvalue weighted by Gasteiger charge is -2.25. The molecule has 0 spiro atoms. The number of rotatable bonds is 10. The molecule has 6 rings (SSSR count). The Kier molecular flexibility index (Phi) is 9.86. The predicted molar refractivity (Wildman–Crippen MR) is 186 cm³/mol. The molecule has 1 atom stereocenters. The summed E-state index contributed by atoms with van der Waals surface area (Å²) < 4.78 is 19.5. The van der Waals surface area contributed by atoms with E-state index >= 15 is 0 Å². The van der Waals surface area contributed by atoms with Crippen LogP contribution >= 0.6 is 22.9 Å². The molecule has 0 N–H and O–H groups in total. The number of nitriles is 1. The minimum Gasteiger partial charge on any atom is -0.490 e. The summed E-state index contributed by atoms with van der Waals surface area (Å²) in [5.74, 6) is 0.532. The molecule has 2 heterocycles. The molecule has 1 aliphatic rings. The predicted octanol–water partition coefficient (Wildman–Crippen LogP) is 6.44. The van der Waals surface area contributed by atoms with E-state index < -0.39 is 12.0 Å². The van der Waals surface area contributed by atoms with Crippen molar-refractivity contribution in [3.63, 3.8) is 0 Å². The number of ether oxygens (including phenoxy) is 3. The van der Waals surface area contributed by atoms with Crippen LogP contribution in [0, 0.1) is 11.3 Å². The average Bonchev–Trinajstić information content (AvgIpc) is 3.42. The normalized spacial score (nSPS) is 14.1. The summed E-state index contributed by atoms with van der Waals surface area (Å²) in [7, 11) is 0. The topological polar surface area (TPSA) is 103 Å². The molecule has 0 amide bonds. The summed E-state index contributed by atoms with van der Waals surface area (Å²) in [4.78, 5) is 33.2. The van der Waals surface area contributed by atoms with E-state index in [0.29, 0.717) is 55.9 Å². The van der Waals surface area contributed by atoms with Gasteiger partial charge in [-0.05, 0) is 73.0 Å². The second-order valence-electron chi connectivity index (χ2n) is 10.7. The van der Waals surface area contributed by atoms with E-state index in [-0.39, 0.29) is 17.7 Å². The highest BCUT2D eigenvalue weighted by Crippen LogP contribution is 2.36. The zero-order valence-electron chi connectivity index (χ0n) is 26.2. The van der Waals surface area contributed by atoms with Gasteiger partial charge in [-0.1, -0.05) is 83.6 Å². The number of halogens is 1. The standard InChI is InChI=1S/C38H30ClN3O5S/c1-3-45-31-20-26(14-19-30(31)47-23-25-12-10-24(22-40)11-13-25)21-32-36(43)42-35(28-15-17-29(39)18-16-28)33(37(44)46-4-2)34(41-38(42)48-32)27-8-6-5-7-9-27/h5-21,35H,3-4,23H2,1-2H3/b32-21-/t35-/m0/s1. The lowest BCUT2D eigenvalue weighted by Crippen LogP contribution is -2.40. The zero-order chi connectivity index (χ0) is 33.6. The molecule has 48 heavy (non-hydrogen) atoms. The van der Waals surface area contributed by atoms with Gasteiger partial charge in [0.25, 0.3) is 5.56 Å². The van der Waals surface area contributed by atoms with Crippen LogP contribution in [-0.2, 0) is 16.1 Å². The van der Waals surface area contributed by atoms with Gasteiger partial charge < -0.3 is 14.2 Å². The summed E-state index contributed by atoms with van der Waals surface area (Å²) in [5.41, 5.74) is 4.06. The molecule has 0 aliphatic carbocycles. The Bertz CT molecular complexity index is 2220. The highest BCUT2D eigenvalue weighted by Gasteiger charge is 2.35. The van der Waals surface area contributed by atoms with Crippen LogP contribution in [0.2, 0.25) is 5.02 Å². The van der Waals surface area contributed by atoms with Gasteiger partial charge in [0.2, 0.25) is 0 Å². The molecule has 1 aliphatic heterocycles. The number of hydrogen-bond acceptors (Lipinski definition) is 8. The second-order valence-corrected chi connectivity index (χ2v) is 12.2. The van der Waals surface area contributed by atoms with Crippen molar-refractivity contribution in [1.82, 2.24) is 4.57 Å². The minimum atomic E-state index is -0.799. The van der Waals surface area contributed by atoms with Crippen molar-refractivity contribution < 1.29 is 19.0 Å². The first-order chi connectivity index (χ1) is 23.4. The summed E-state index contributed by atoms with van der Waals surface area (Å²) in [6, 6.07) is 30.5. The molecule has 5 aromatic rings. The largest absolute Gasteiger partial charge is 0.490 e. The van der Waals surface area contributed by atoms with E-state index in [1.807, 2.05) is 73.7 Å². The van der Waals surface area contributed by atoms with Gasteiger partial charge in [0.15, 0.2) is 16.3 Å². The van der Waals surface area contributed by atoms with E-state index in [0.717, 1.165) is 16.7 Å². The number of aromatic nitrogens is 1. The van der Waals surface area contributed by atoms with Crippen LogP contribution < -0.4 is 24.4 Å². The van der Waals surface area contributed by atoms with E-state index in [2.05, 4.69) is 6.07 Å². The Morgan fingerprint density at radius 1 is 0.958 bits per heavy atom. The van der Waals surface area contributed by atoms with Gasteiger partial charge in [-0.2, -0.15) is 5.26 Å². The molecule has 1 aromatic heterocycles. The van der Waals surface area contributed by atoms with Gasteiger partial charge in [-0.15, -0.1) is 0 Å². The van der Waals surface area contributed by atoms with Crippen molar-refractivity contribution >= 4 is 40.7 Å². The molecule has 0 bridgehead atoms. The van der Waals surface area contributed by atoms with E-state index in [9.17, 15) is 9.59 Å². The van der Waals surface area contributed by atoms with Crippen molar-refractivity contribution in [2.75, 3.05) is 13.2 Å². The molecule has 240 valence electrons. The van der Waals surface area contributed by atoms with Crippen LogP contribution in [0.3, 0.4) is 0 Å². The summed E-state index contributed by atoms with van der Waals surface area (Å²) in [6.45, 7) is 4.50. The monoisotopic (exact) mass is 675 g/mol. The van der Waals surface area contributed by atoms with Crippen LogP contribution in [0.1, 0.15) is 47.7 Å². The smallest absolute Gasteiger partial charge is 0.338 e. The SMILES string of the molecule is CCOC(=O)C1=C(c2ccccc2)N=c2s/c(=C\c3ccc(OCc4ccc(C#N)cc4)c(OCC)c3)c(=O)n2[C@H]1c1ccc(Cl)cc1. The molecule has 0 unspecified atom stereocenters. The molecule has 0 radical (unpaired) electrons. The lowest BCUT2D eigenvalue weighted by atomic mass is 9.93. The first kappa shape index (κ1) is 32.5. The van der Waals surface area contributed by atoms with Gasteiger partial charge in [-0.25, -0.2) is 9.79 Å². The van der Waals surface area contributed by atoms with Crippen molar-refractivity contribution in [3.8, 4) is 17.6 Å². The van der Waals surface area contributed by atoms with Crippen LogP contribution in [0.25, 0.3) is 11.8 Å². The number of nitrogens with zero attached hydrogens (tertiary/aromatic N) is 3. The van der Waals surface area contributed by atoms with Crippen LogP contribution in [0.4, 0.5) is 0 Å². The number of hydrogen-bond donors (Lipinski definition) is 0. The summed E-state index contributed by atoms with van der Waals surface area (Å²) in [6.07, 6.45) is 1.78. The van der Waals surface area contributed by atoms with Crippen molar-refractivity contribution in [3.05, 3.63) is 155 Å². The third kappa shape index (κ3) is 6.81. The van der Waals surface area contributed by atoms with Crippen LogP contribution in [0.15, 0.2) is 112 Å². The first-order valence-corrected chi connectivity index (χ1v) is 16.5. The second kappa shape index (κ2) is 14.6. The summed E-state index contributed by atoms with van der Waals surface area (Å²) in [5, 5.41) is 9.60.